The molecule has 0 heterocycles. The summed E-state index contributed by atoms with van der Waals surface area (Å²) < 4.78 is 11.3. The molecule has 4 aromatic rings. The first-order valence-electron chi connectivity index (χ1n) is 9.18. The smallest absolute Gasteiger partial charge is 0.189 e. The van der Waals surface area contributed by atoms with E-state index in [4.69, 9.17) is 9.47 Å². The summed E-state index contributed by atoms with van der Waals surface area (Å²) in [5, 5.41) is 15.0. The van der Waals surface area contributed by atoms with E-state index in [9.17, 15) is 5.11 Å². The van der Waals surface area contributed by atoms with Gasteiger partial charge in [0.15, 0.2) is 6.79 Å². The Labute approximate surface area is 158 Å². The lowest BCUT2D eigenvalue weighted by Crippen LogP contribution is -2.05. The van der Waals surface area contributed by atoms with Crippen LogP contribution in [0.3, 0.4) is 0 Å². The number of fused-ring (bicyclic) bond motifs is 2. The second-order valence-electron chi connectivity index (χ2n) is 6.48. The second kappa shape index (κ2) is 7.68. The third-order valence-corrected chi connectivity index (χ3v) is 4.87. The van der Waals surface area contributed by atoms with Gasteiger partial charge < -0.3 is 14.6 Å². The maximum Gasteiger partial charge on any atom is 0.189 e. The van der Waals surface area contributed by atoms with Gasteiger partial charge in [0, 0.05) is 24.2 Å². The van der Waals surface area contributed by atoms with Gasteiger partial charge in [-0.25, -0.2) is 0 Å². The Morgan fingerprint density at radius 2 is 1.37 bits per heavy atom. The van der Waals surface area contributed by atoms with Crippen molar-refractivity contribution < 1.29 is 14.6 Å². The molecule has 3 heteroatoms. The molecule has 3 nitrogen and oxygen atoms in total. The van der Waals surface area contributed by atoms with E-state index >= 15 is 0 Å². The summed E-state index contributed by atoms with van der Waals surface area (Å²) in [5.74, 6) is 1.09. The van der Waals surface area contributed by atoms with Crippen LogP contribution in [0.15, 0.2) is 72.8 Å². The van der Waals surface area contributed by atoms with Crippen LogP contribution < -0.4 is 4.74 Å². The Morgan fingerprint density at radius 3 is 2.07 bits per heavy atom. The molecule has 0 amide bonds. The molecule has 0 aliphatic heterocycles. The molecule has 0 aliphatic rings. The van der Waals surface area contributed by atoms with Gasteiger partial charge in [-0.15, -0.1) is 0 Å². The number of hydrogen-bond acceptors (Lipinski definition) is 3. The maximum absolute atomic E-state index is 10.6. The van der Waals surface area contributed by atoms with E-state index in [1.165, 1.54) is 0 Å². The Balaban J connectivity index is 1.85. The molecule has 0 fully saturated rings. The monoisotopic (exact) mass is 358 g/mol. The quantitative estimate of drug-likeness (QED) is 0.357. The highest BCUT2D eigenvalue weighted by Gasteiger charge is 2.14. The van der Waals surface area contributed by atoms with Crippen molar-refractivity contribution in [1.82, 2.24) is 0 Å². The maximum atomic E-state index is 10.6. The van der Waals surface area contributed by atoms with Crippen molar-refractivity contribution in [1.29, 1.82) is 0 Å². The van der Waals surface area contributed by atoms with Crippen molar-refractivity contribution in [2.45, 2.75) is 13.3 Å². The summed E-state index contributed by atoms with van der Waals surface area (Å²) in [6, 6.07) is 24.1. The van der Waals surface area contributed by atoms with Crippen LogP contribution in [0.1, 0.15) is 18.1 Å². The zero-order valence-electron chi connectivity index (χ0n) is 15.3. The average Bonchev–Trinajstić information content (AvgIpc) is 2.71. The third-order valence-electron chi connectivity index (χ3n) is 4.87. The first-order valence-corrected chi connectivity index (χ1v) is 9.18. The number of aromatic hydroxyl groups is 1. The minimum Gasteiger partial charge on any atom is -0.508 e. The average molecular weight is 358 g/mol. The third kappa shape index (κ3) is 3.46. The van der Waals surface area contributed by atoms with Crippen molar-refractivity contribution in [3.8, 4) is 11.5 Å². The summed E-state index contributed by atoms with van der Waals surface area (Å²) in [4.78, 5) is 0. The molecule has 0 radical (unpaired) electrons. The van der Waals surface area contributed by atoms with Crippen molar-refractivity contribution in [3.63, 3.8) is 0 Å². The summed E-state index contributed by atoms with van der Waals surface area (Å²) in [5.41, 5.74) is 1.96. The van der Waals surface area contributed by atoms with Crippen LogP contribution in [-0.4, -0.2) is 18.5 Å². The molecule has 0 saturated heterocycles. The van der Waals surface area contributed by atoms with Gasteiger partial charge >= 0.3 is 0 Å². The van der Waals surface area contributed by atoms with Crippen LogP contribution in [0, 0.1) is 0 Å². The molecule has 1 N–H and O–H groups in total. The SMILES string of the molecule is CCOCOc1ccc2ccccc2c1Cc1c(O)ccc2ccccc12. The van der Waals surface area contributed by atoms with Gasteiger partial charge in [-0.2, -0.15) is 0 Å². The predicted octanol–water partition coefficient (Wildman–Crippen LogP) is 5.66. The molecule has 0 aliphatic carbocycles. The first kappa shape index (κ1) is 17.4. The van der Waals surface area contributed by atoms with Crippen molar-refractivity contribution in [2.24, 2.45) is 0 Å². The van der Waals surface area contributed by atoms with E-state index in [0.717, 1.165) is 38.4 Å². The molecule has 0 spiro atoms. The second-order valence-corrected chi connectivity index (χ2v) is 6.48. The van der Waals surface area contributed by atoms with Crippen molar-refractivity contribution in [3.05, 3.63) is 83.9 Å². The highest BCUT2D eigenvalue weighted by Crippen LogP contribution is 2.35. The summed E-state index contributed by atoms with van der Waals surface area (Å²) in [7, 11) is 0. The molecular weight excluding hydrogens is 336 g/mol. The van der Waals surface area contributed by atoms with Gasteiger partial charge in [0.25, 0.3) is 0 Å². The number of phenolic OH excluding ortho intramolecular Hbond substituents is 1. The van der Waals surface area contributed by atoms with Crippen LogP contribution in [0.25, 0.3) is 21.5 Å². The molecule has 4 rings (SSSR count). The number of hydrogen-bond donors (Lipinski definition) is 1. The summed E-state index contributed by atoms with van der Waals surface area (Å²) in [6.07, 6.45) is 0.579. The fourth-order valence-electron chi connectivity index (χ4n) is 3.51. The van der Waals surface area contributed by atoms with Crippen LogP contribution in [-0.2, 0) is 11.2 Å². The number of benzene rings is 4. The van der Waals surface area contributed by atoms with Crippen LogP contribution in [0.4, 0.5) is 0 Å². The van der Waals surface area contributed by atoms with E-state index in [0.29, 0.717) is 18.8 Å². The number of ether oxygens (including phenoxy) is 2. The fourth-order valence-corrected chi connectivity index (χ4v) is 3.51. The lowest BCUT2D eigenvalue weighted by atomic mass is 9.93. The van der Waals surface area contributed by atoms with Crippen molar-refractivity contribution >= 4 is 21.5 Å². The normalized spacial score (nSPS) is 11.1. The van der Waals surface area contributed by atoms with Gasteiger partial charge in [-0.05, 0) is 40.6 Å². The zero-order valence-corrected chi connectivity index (χ0v) is 15.3. The highest BCUT2D eigenvalue weighted by atomic mass is 16.7. The summed E-state index contributed by atoms with van der Waals surface area (Å²) >= 11 is 0. The van der Waals surface area contributed by atoms with Gasteiger partial charge in [0.05, 0.1) is 0 Å². The van der Waals surface area contributed by atoms with Gasteiger partial charge in [0.1, 0.15) is 11.5 Å². The summed E-state index contributed by atoms with van der Waals surface area (Å²) in [6.45, 7) is 2.76. The van der Waals surface area contributed by atoms with Crippen LogP contribution in [0.5, 0.6) is 11.5 Å². The fraction of sp³-hybridized carbons (Fsp3) is 0.167. The van der Waals surface area contributed by atoms with E-state index < -0.39 is 0 Å². The van der Waals surface area contributed by atoms with Crippen molar-refractivity contribution in [2.75, 3.05) is 13.4 Å². The molecule has 136 valence electrons. The largest absolute Gasteiger partial charge is 0.508 e. The highest BCUT2D eigenvalue weighted by molar-refractivity contribution is 5.91. The molecular formula is C24H22O3. The molecule has 4 aromatic carbocycles. The predicted molar refractivity (Wildman–Crippen MR) is 109 cm³/mol. The number of rotatable bonds is 6. The van der Waals surface area contributed by atoms with Gasteiger partial charge in [-0.3, -0.25) is 0 Å². The molecule has 0 bridgehead atoms. The Morgan fingerprint density at radius 1 is 0.741 bits per heavy atom. The molecule has 0 aromatic heterocycles. The van der Waals surface area contributed by atoms with Gasteiger partial charge in [0.2, 0.25) is 0 Å². The van der Waals surface area contributed by atoms with E-state index in [2.05, 4.69) is 30.3 Å². The molecule has 27 heavy (non-hydrogen) atoms. The zero-order chi connectivity index (χ0) is 18.6. The molecule has 0 atom stereocenters. The lowest BCUT2D eigenvalue weighted by Gasteiger charge is -2.16. The molecule has 0 unspecified atom stereocenters. The van der Waals surface area contributed by atoms with Gasteiger partial charge in [-0.1, -0.05) is 60.7 Å². The lowest BCUT2D eigenvalue weighted by molar-refractivity contribution is 0.0220. The minimum atomic E-state index is 0.212. The van der Waals surface area contributed by atoms with Crippen LogP contribution in [0.2, 0.25) is 0 Å². The number of phenols is 1. The Kier molecular flexibility index (Phi) is 4.95. The van der Waals surface area contributed by atoms with E-state index in [1.54, 1.807) is 6.07 Å². The van der Waals surface area contributed by atoms with E-state index in [-0.39, 0.29) is 6.79 Å². The van der Waals surface area contributed by atoms with E-state index in [1.807, 2.05) is 43.3 Å². The Bertz CT molecular complexity index is 1090. The molecule has 0 saturated carbocycles. The van der Waals surface area contributed by atoms with Crippen LogP contribution >= 0.6 is 0 Å². The topological polar surface area (TPSA) is 38.7 Å². The minimum absolute atomic E-state index is 0.212. The Hall–Kier alpha value is -3.04. The first-order chi connectivity index (χ1) is 13.3. The standard InChI is InChI=1S/C24H22O3/c1-2-26-16-27-24-14-12-18-8-4-6-10-20(18)22(24)15-21-19-9-5-3-7-17(19)11-13-23(21)25/h3-14,25H,2,15-16H2,1H3.